The van der Waals surface area contributed by atoms with Gasteiger partial charge in [0, 0.05) is 0 Å². The normalized spacial score (nSPS) is 34.6. The summed E-state index contributed by atoms with van der Waals surface area (Å²) in [5, 5.41) is 28.4. The summed E-state index contributed by atoms with van der Waals surface area (Å²) in [6.07, 6.45) is 1.76. The van der Waals surface area contributed by atoms with Gasteiger partial charge in [0.1, 0.15) is 0 Å². The van der Waals surface area contributed by atoms with Crippen LogP contribution in [-0.2, 0) is 4.79 Å². The maximum Gasteiger partial charge on any atom is 0.310 e. The van der Waals surface area contributed by atoms with Crippen molar-refractivity contribution < 1.29 is 20.1 Å². The van der Waals surface area contributed by atoms with E-state index >= 15 is 0 Å². The Morgan fingerprint density at radius 3 is 2.44 bits per heavy atom. The average molecular weight is 258 g/mol. The molecule has 0 aromatic rings. The molecule has 106 valence electrons. The largest absolute Gasteiger partial charge is 0.481 e. The first-order chi connectivity index (χ1) is 8.33. The molecule has 0 heterocycles. The fraction of sp³-hybridized carbons (Fsp3) is 0.929. The van der Waals surface area contributed by atoms with Gasteiger partial charge in [-0.3, -0.25) is 4.79 Å². The van der Waals surface area contributed by atoms with E-state index in [0.717, 1.165) is 12.8 Å². The third-order valence-electron chi connectivity index (χ3n) is 4.43. The van der Waals surface area contributed by atoms with Crippen LogP contribution in [0.3, 0.4) is 0 Å². The Morgan fingerprint density at radius 1 is 1.39 bits per heavy atom. The summed E-state index contributed by atoms with van der Waals surface area (Å²) in [4.78, 5) is 11.8. The number of hydrogen-bond acceptors (Lipinski definition) is 3. The van der Waals surface area contributed by atoms with Gasteiger partial charge in [-0.05, 0) is 37.0 Å². The number of rotatable bonds is 5. The van der Waals surface area contributed by atoms with E-state index in [4.69, 9.17) is 5.11 Å². The first-order valence-electron chi connectivity index (χ1n) is 6.85. The third-order valence-corrected chi connectivity index (χ3v) is 4.43. The van der Waals surface area contributed by atoms with Gasteiger partial charge in [0.15, 0.2) is 0 Å². The number of carboxylic acids is 1. The van der Waals surface area contributed by atoms with Crippen molar-refractivity contribution in [2.24, 2.45) is 23.2 Å². The summed E-state index contributed by atoms with van der Waals surface area (Å²) in [7, 11) is 0. The summed E-state index contributed by atoms with van der Waals surface area (Å²) in [6.45, 7) is 5.79. The van der Waals surface area contributed by atoms with Crippen LogP contribution in [0.1, 0.15) is 46.5 Å². The van der Waals surface area contributed by atoms with Crippen LogP contribution in [-0.4, -0.2) is 34.0 Å². The second-order valence-corrected chi connectivity index (χ2v) is 6.24. The van der Waals surface area contributed by atoms with E-state index in [2.05, 4.69) is 6.92 Å². The predicted molar refractivity (Wildman–Crippen MR) is 69.1 cm³/mol. The molecule has 4 nitrogen and oxygen atoms in total. The molecule has 0 bridgehead atoms. The summed E-state index contributed by atoms with van der Waals surface area (Å²) in [5.74, 6) is -0.103. The maximum absolute atomic E-state index is 11.8. The summed E-state index contributed by atoms with van der Waals surface area (Å²) in [5.41, 5.74) is -0.881. The van der Waals surface area contributed by atoms with Crippen molar-refractivity contribution in [1.29, 1.82) is 0 Å². The van der Waals surface area contributed by atoms with Gasteiger partial charge in [-0.1, -0.05) is 27.2 Å². The van der Waals surface area contributed by atoms with E-state index in [9.17, 15) is 15.0 Å². The van der Waals surface area contributed by atoms with E-state index in [1.807, 2.05) is 13.8 Å². The Morgan fingerprint density at radius 2 is 2.00 bits per heavy atom. The number of aliphatic hydroxyl groups excluding tert-OH is 2. The van der Waals surface area contributed by atoms with Crippen LogP contribution in [0.2, 0.25) is 0 Å². The van der Waals surface area contributed by atoms with E-state index in [1.54, 1.807) is 0 Å². The van der Waals surface area contributed by atoms with Crippen molar-refractivity contribution in [3.05, 3.63) is 0 Å². The first-order valence-corrected chi connectivity index (χ1v) is 6.85. The van der Waals surface area contributed by atoms with Crippen LogP contribution in [0.5, 0.6) is 0 Å². The second kappa shape index (κ2) is 6.02. The molecule has 1 rings (SSSR count). The van der Waals surface area contributed by atoms with E-state index in [0.29, 0.717) is 12.3 Å². The van der Waals surface area contributed by atoms with Crippen LogP contribution in [0, 0.1) is 23.2 Å². The van der Waals surface area contributed by atoms with Gasteiger partial charge in [-0.2, -0.15) is 0 Å². The molecule has 0 aromatic heterocycles. The highest BCUT2D eigenvalue weighted by Gasteiger charge is 2.50. The molecular formula is C14H26O4. The van der Waals surface area contributed by atoms with Crippen molar-refractivity contribution in [3.8, 4) is 0 Å². The Balaban J connectivity index is 3.04. The lowest BCUT2D eigenvalue weighted by Crippen LogP contribution is -2.47. The molecule has 3 N–H and O–H groups in total. The average Bonchev–Trinajstić information content (AvgIpc) is 2.28. The smallest absolute Gasteiger partial charge is 0.310 e. The number of aliphatic hydroxyl groups is 2. The highest BCUT2D eigenvalue weighted by molar-refractivity contribution is 5.75. The molecule has 0 spiro atoms. The SMILES string of the molecule is CC(C)[C@@H]1CC[C@@H](C)C[C@]1(CC(O)CO)C(=O)O. The van der Waals surface area contributed by atoms with Crippen LogP contribution in [0.4, 0.5) is 0 Å². The molecule has 4 heteroatoms. The van der Waals surface area contributed by atoms with E-state index in [-0.39, 0.29) is 24.9 Å². The van der Waals surface area contributed by atoms with Gasteiger partial charge < -0.3 is 15.3 Å². The molecule has 1 saturated carbocycles. The van der Waals surface area contributed by atoms with Crippen LogP contribution < -0.4 is 0 Å². The van der Waals surface area contributed by atoms with Gasteiger partial charge >= 0.3 is 5.97 Å². The molecule has 0 saturated heterocycles. The quantitative estimate of drug-likeness (QED) is 0.703. The van der Waals surface area contributed by atoms with E-state index in [1.165, 1.54) is 0 Å². The summed E-state index contributed by atoms with van der Waals surface area (Å²) >= 11 is 0. The second-order valence-electron chi connectivity index (χ2n) is 6.24. The van der Waals surface area contributed by atoms with Crippen LogP contribution >= 0.6 is 0 Å². The van der Waals surface area contributed by atoms with Crippen LogP contribution in [0.25, 0.3) is 0 Å². The molecule has 0 amide bonds. The predicted octanol–water partition coefficient (Wildman–Crippen LogP) is 1.89. The summed E-state index contributed by atoms with van der Waals surface area (Å²) in [6, 6.07) is 0. The van der Waals surface area contributed by atoms with Gasteiger partial charge in [0.25, 0.3) is 0 Å². The number of hydrogen-bond donors (Lipinski definition) is 3. The molecule has 18 heavy (non-hydrogen) atoms. The number of carboxylic acid groups (broad SMARTS) is 1. The molecule has 1 fully saturated rings. The highest BCUT2D eigenvalue weighted by atomic mass is 16.4. The number of carbonyl (C=O) groups is 1. The zero-order valence-electron chi connectivity index (χ0n) is 11.6. The Bertz CT molecular complexity index is 290. The zero-order valence-corrected chi connectivity index (χ0v) is 11.6. The minimum absolute atomic E-state index is 0.0763. The molecule has 0 aliphatic heterocycles. The first kappa shape index (κ1) is 15.4. The molecule has 0 radical (unpaired) electrons. The van der Waals surface area contributed by atoms with Gasteiger partial charge in [-0.25, -0.2) is 0 Å². The van der Waals surface area contributed by atoms with Gasteiger partial charge in [0.05, 0.1) is 18.1 Å². The molecular weight excluding hydrogens is 232 g/mol. The fourth-order valence-electron chi connectivity index (χ4n) is 3.64. The van der Waals surface area contributed by atoms with Crippen molar-refractivity contribution in [3.63, 3.8) is 0 Å². The van der Waals surface area contributed by atoms with Gasteiger partial charge in [-0.15, -0.1) is 0 Å². The van der Waals surface area contributed by atoms with Crippen molar-refractivity contribution in [2.75, 3.05) is 6.61 Å². The van der Waals surface area contributed by atoms with E-state index < -0.39 is 17.5 Å². The van der Waals surface area contributed by atoms with Gasteiger partial charge in [0.2, 0.25) is 0 Å². The Labute approximate surface area is 109 Å². The minimum Gasteiger partial charge on any atom is -0.481 e. The Kier molecular flexibility index (Phi) is 5.17. The number of aliphatic carboxylic acids is 1. The maximum atomic E-state index is 11.8. The van der Waals surface area contributed by atoms with Crippen molar-refractivity contribution in [1.82, 2.24) is 0 Å². The lowest BCUT2D eigenvalue weighted by Gasteiger charge is -2.46. The molecule has 1 aliphatic carbocycles. The topological polar surface area (TPSA) is 77.8 Å². The highest BCUT2D eigenvalue weighted by Crippen LogP contribution is 2.50. The van der Waals surface area contributed by atoms with Crippen molar-refractivity contribution >= 4 is 5.97 Å². The lowest BCUT2D eigenvalue weighted by molar-refractivity contribution is -0.162. The molecule has 4 atom stereocenters. The van der Waals surface area contributed by atoms with Crippen molar-refractivity contribution in [2.45, 2.75) is 52.6 Å². The molecule has 1 unspecified atom stereocenters. The minimum atomic E-state index is -0.937. The zero-order chi connectivity index (χ0) is 13.9. The lowest BCUT2D eigenvalue weighted by atomic mass is 9.58. The van der Waals surface area contributed by atoms with Crippen LogP contribution in [0.15, 0.2) is 0 Å². The summed E-state index contributed by atoms with van der Waals surface area (Å²) < 4.78 is 0. The molecule has 0 aromatic carbocycles. The Hall–Kier alpha value is -0.610. The standard InChI is InChI=1S/C14H26O4/c1-9(2)12-5-4-10(3)6-14(12,13(17)18)7-11(16)8-15/h9-12,15-16H,4-8H2,1-3H3,(H,17,18)/t10-,11?,12+,14-/m1/s1. The third kappa shape index (κ3) is 3.04. The molecule has 1 aliphatic rings. The monoisotopic (exact) mass is 258 g/mol. The fourth-order valence-corrected chi connectivity index (χ4v) is 3.64.